The Kier molecular flexibility index (Phi) is 6.23. The van der Waals surface area contributed by atoms with Crippen LogP contribution in [0.25, 0.3) is 0 Å². The summed E-state index contributed by atoms with van der Waals surface area (Å²) in [5, 5.41) is 11.0. The van der Waals surface area contributed by atoms with Gasteiger partial charge in [0.15, 0.2) is 5.78 Å². The molecule has 7 heteroatoms. The minimum absolute atomic E-state index is 0.354. The van der Waals surface area contributed by atoms with Crippen molar-refractivity contribution < 1.29 is 29.0 Å². The first-order valence-electron chi connectivity index (χ1n) is 9.74. The maximum absolute atomic E-state index is 13.1. The molecule has 1 aromatic heterocycles. The molecule has 29 heavy (non-hydrogen) atoms. The van der Waals surface area contributed by atoms with Crippen LogP contribution >= 0.6 is 0 Å². The fourth-order valence-corrected chi connectivity index (χ4v) is 3.68. The lowest BCUT2D eigenvalue weighted by atomic mass is 9.62. The van der Waals surface area contributed by atoms with Crippen molar-refractivity contribution in [2.75, 3.05) is 0 Å². The van der Waals surface area contributed by atoms with Gasteiger partial charge in [-0.2, -0.15) is 0 Å². The summed E-state index contributed by atoms with van der Waals surface area (Å²) in [5.74, 6) is -5.33. The van der Waals surface area contributed by atoms with Crippen LogP contribution in [0.2, 0.25) is 0 Å². The first-order valence-corrected chi connectivity index (χ1v) is 9.74. The van der Waals surface area contributed by atoms with E-state index >= 15 is 0 Å². The van der Waals surface area contributed by atoms with Crippen LogP contribution in [0.3, 0.4) is 0 Å². The first-order chi connectivity index (χ1) is 13.1. The lowest BCUT2D eigenvalue weighted by molar-refractivity contribution is -0.182. The van der Waals surface area contributed by atoms with Gasteiger partial charge in [-0.3, -0.25) is 19.4 Å². The van der Waals surface area contributed by atoms with E-state index in [9.17, 15) is 19.5 Å². The predicted molar refractivity (Wildman–Crippen MR) is 106 cm³/mol. The molecule has 2 rings (SSSR count). The Bertz CT molecular complexity index is 773. The molecule has 7 nitrogen and oxygen atoms in total. The van der Waals surface area contributed by atoms with Crippen molar-refractivity contribution in [3.63, 3.8) is 0 Å². The van der Waals surface area contributed by atoms with Crippen LogP contribution < -0.4 is 0 Å². The van der Waals surface area contributed by atoms with E-state index in [0.29, 0.717) is 5.69 Å². The molecule has 0 aromatic carbocycles. The third-order valence-electron chi connectivity index (χ3n) is 4.62. The van der Waals surface area contributed by atoms with Crippen LogP contribution in [0.4, 0.5) is 0 Å². The maximum atomic E-state index is 13.1. The van der Waals surface area contributed by atoms with Crippen LogP contribution in [0.15, 0.2) is 24.4 Å². The summed E-state index contributed by atoms with van der Waals surface area (Å²) in [6, 6.07) is 5.03. The molecule has 0 aliphatic heterocycles. The van der Waals surface area contributed by atoms with E-state index in [-0.39, 0.29) is 6.42 Å². The summed E-state index contributed by atoms with van der Waals surface area (Å²) in [6.07, 6.45) is 1.16. The van der Waals surface area contributed by atoms with Crippen LogP contribution in [-0.2, 0) is 23.9 Å². The summed E-state index contributed by atoms with van der Waals surface area (Å²) in [7, 11) is 0. The molecule has 160 valence electrons. The van der Waals surface area contributed by atoms with Crippen molar-refractivity contribution in [1.82, 2.24) is 4.98 Å². The lowest BCUT2D eigenvalue weighted by Gasteiger charge is -2.44. The molecule has 0 bridgehead atoms. The number of hydrogen-bond acceptors (Lipinski definition) is 7. The van der Waals surface area contributed by atoms with Gasteiger partial charge in [-0.15, -0.1) is 0 Å². The zero-order valence-corrected chi connectivity index (χ0v) is 18.2. The van der Waals surface area contributed by atoms with Gasteiger partial charge in [0.2, 0.25) is 0 Å². The van der Waals surface area contributed by atoms with Gasteiger partial charge in [-0.1, -0.05) is 6.07 Å². The molecular formula is C22H31NO6. The van der Waals surface area contributed by atoms with Crippen molar-refractivity contribution in [3.8, 4) is 0 Å². The minimum Gasteiger partial charge on any atom is -0.460 e. The first kappa shape index (κ1) is 23.0. The third-order valence-corrected chi connectivity index (χ3v) is 4.62. The summed E-state index contributed by atoms with van der Waals surface area (Å²) in [5.41, 5.74) is -2.95. The molecular weight excluding hydrogens is 374 g/mol. The third kappa shape index (κ3) is 5.63. The molecule has 1 heterocycles. The van der Waals surface area contributed by atoms with Crippen molar-refractivity contribution in [1.29, 1.82) is 0 Å². The zero-order chi connectivity index (χ0) is 22.2. The number of esters is 2. The van der Waals surface area contributed by atoms with E-state index in [1.165, 1.54) is 13.1 Å². The van der Waals surface area contributed by atoms with Crippen molar-refractivity contribution in [2.24, 2.45) is 11.8 Å². The van der Waals surface area contributed by atoms with E-state index in [4.69, 9.17) is 9.47 Å². The van der Waals surface area contributed by atoms with Gasteiger partial charge in [0.25, 0.3) is 0 Å². The number of Topliss-reactive ketones (excluding diaryl/α,β-unsaturated/α-hetero) is 1. The lowest BCUT2D eigenvalue weighted by Crippen LogP contribution is -2.56. The van der Waals surface area contributed by atoms with Crippen molar-refractivity contribution in [3.05, 3.63) is 30.1 Å². The van der Waals surface area contributed by atoms with Gasteiger partial charge in [-0.05, 0) is 60.6 Å². The Hall–Kier alpha value is -2.28. The number of nitrogens with zero attached hydrogens (tertiary/aromatic N) is 1. The highest BCUT2D eigenvalue weighted by Gasteiger charge is 2.58. The van der Waals surface area contributed by atoms with Crippen LogP contribution in [0.5, 0.6) is 0 Å². The Labute approximate surface area is 171 Å². The monoisotopic (exact) mass is 405 g/mol. The van der Waals surface area contributed by atoms with E-state index in [1.54, 1.807) is 59.7 Å². The molecule has 0 amide bonds. The highest BCUT2D eigenvalue weighted by Crippen LogP contribution is 2.46. The molecule has 0 saturated heterocycles. The number of ketones is 1. The summed E-state index contributed by atoms with van der Waals surface area (Å²) >= 11 is 0. The van der Waals surface area contributed by atoms with Gasteiger partial charge in [0, 0.05) is 24.2 Å². The highest BCUT2D eigenvalue weighted by atomic mass is 16.6. The smallest absolute Gasteiger partial charge is 0.317 e. The number of carbonyl (C=O) groups is 3. The van der Waals surface area contributed by atoms with E-state index in [2.05, 4.69) is 4.98 Å². The normalized spacial score (nSPS) is 28.0. The zero-order valence-electron chi connectivity index (χ0n) is 18.2. The van der Waals surface area contributed by atoms with Gasteiger partial charge < -0.3 is 14.6 Å². The highest BCUT2D eigenvalue weighted by molar-refractivity contribution is 6.02. The Morgan fingerprint density at radius 3 is 2.10 bits per heavy atom. The SMILES string of the molecule is CC(C)(C)OC(=O)[C@@H]1C(=O)C[C@](C)(O)[C@@H](C(=O)OC(C)(C)C)[C@H]1c1ccccn1. The second kappa shape index (κ2) is 7.86. The predicted octanol–water partition coefficient (Wildman–Crippen LogP) is 2.80. The Morgan fingerprint density at radius 2 is 1.62 bits per heavy atom. The molecule has 1 aromatic rings. The van der Waals surface area contributed by atoms with E-state index < -0.39 is 52.3 Å². The number of rotatable bonds is 3. The molecule has 0 spiro atoms. The maximum Gasteiger partial charge on any atom is 0.317 e. The van der Waals surface area contributed by atoms with Crippen LogP contribution in [-0.4, -0.2) is 44.6 Å². The Balaban J connectivity index is 2.59. The number of hydrogen-bond donors (Lipinski definition) is 1. The minimum atomic E-state index is -1.69. The average Bonchev–Trinajstić information content (AvgIpc) is 2.50. The number of pyridine rings is 1. The summed E-state index contributed by atoms with van der Waals surface area (Å²) < 4.78 is 11.0. The molecule has 0 unspecified atom stereocenters. The van der Waals surface area contributed by atoms with E-state index in [1.807, 2.05) is 0 Å². The molecule has 1 saturated carbocycles. The number of aromatic nitrogens is 1. The molecule has 1 fully saturated rings. The fourth-order valence-electron chi connectivity index (χ4n) is 3.68. The van der Waals surface area contributed by atoms with Crippen molar-refractivity contribution in [2.45, 2.75) is 77.6 Å². The molecule has 1 N–H and O–H groups in total. The summed E-state index contributed by atoms with van der Waals surface area (Å²) in [4.78, 5) is 43.3. The number of ether oxygens (including phenoxy) is 2. The van der Waals surface area contributed by atoms with Crippen LogP contribution in [0.1, 0.15) is 66.5 Å². The number of carbonyl (C=O) groups excluding carboxylic acids is 3. The fraction of sp³-hybridized carbons (Fsp3) is 0.636. The summed E-state index contributed by atoms with van der Waals surface area (Å²) in [6.45, 7) is 11.7. The molecule has 4 atom stereocenters. The van der Waals surface area contributed by atoms with Crippen LogP contribution in [0, 0.1) is 11.8 Å². The van der Waals surface area contributed by atoms with Crippen molar-refractivity contribution >= 4 is 17.7 Å². The van der Waals surface area contributed by atoms with Gasteiger partial charge in [0.1, 0.15) is 17.1 Å². The van der Waals surface area contributed by atoms with Gasteiger partial charge in [0.05, 0.1) is 11.5 Å². The largest absolute Gasteiger partial charge is 0.460 e. The molecule has 1 aliphatic carbocycles. The number of aliphatic hydroxyl groups is 1. The Morgan fingerprint density at radius 1 is 1.07 bits per heavy atom. The molecule has 0 radical (unpaired) electrons. The molecule has 1 aliphatic rings. The standard InChI is InChI=1S/C22H31NO6/c1-20(2,3)28-18(25)16-14(24)12-22(7,27)17(19(26)29-21(4,5)6)15(16)13-10-8-9-11-23-13/h8-11,15-17,27H,12H2,1-7H3/t15-,16+,17+,22-/m0/s1. The second-order valence-corrected chi connectivity index (χ2v) is 9.80. The topological polar surface area (TPSA) is 103 Å². The van der Waals surface area contributed by atoms with Gasteiger partial charge >= 0.3 is 11.9 Å². The second-order valence-electron chi connectivity index (χ2n) is 9.80. The van der Waals surface area contributed by atoms with Gasteiger partial charge in [-0.25, -0.2) is 0 Å². The quantitative estimate of drug-likeness (QED) is 0.609. The average molecular weight is 405 g/mol. The van der Waals surface area contributed by atoms with E-state index in [0.717, 1.165) is 0 Å².